The first kappa shape index (κ1) is 36.7. The average molecular weight is 669 g/mol. The highest BCUT2D eigenvalue weighted by molar-refractivity contribution is 5.85. The molecule has 6 nitrogen and oxygen atoms in total. The molecule has 0 aromatic heterocycles. The van der Waals surface area contributed by atoms with Crippen molar-refractivity contribution in [2.45, 2.75) is 32.3 Å². The van der Waals surface area contributed by atoms with Crippen LogP contribution in [0.25, 0.3) is 11.1 Å². The molecule has 7 heteroatoms. The number of aryl methyl sites for hydroxylation is 1. The van der Waals surface area contributed by atoms with Gasteiger partial charge in [0.05, 0.1) is 17.8 Å². The molecule has 4 aromatic rings. The number of carbonyl (C=O) groups excluding carboxylic acids is 2. The zero-order chi connectivity index (χ0) is 35.9. The van der Waals surface area contributed by atoms with Crippen molar-refractivity contribution in [1.82, 2.24) is 0 Å². The van der Waals surface area contributed by atoms with Crippen LogP contribution in [0.15, 0.2) is 123 Å². The Morgan fingerprint density at radius 2 is 1.26 bits per heavy atom. The lowest BCUT2D eigenvalue weighted by Gasteiger charge is -2.20. The minimum absolute atomic E-state index is 0.0643. The number of halogens is 1. The molecule has 0 radical (unpaired) electrons. The molecule has 0 N–H and O–H groups in total. The molecule has 0 spiro atoms. The Balaban J connectivity index is 1.59. The van der Waals surface area contributed by atoms with Crippen LogP contribution in [0.5, 0.6) is 17.2 Å². The maximum Gasteiger partial charge on any atom is 0.335 e. The topological polar surface area (TPSA) is 71.1 Å². The van der Waals surface area contributed by atoms with Crippen LogP contribution in [0.4, 0.5) is 4.39 Å². The van der Waals surface area contributed by atoms with Gasteiger partial charge >= 0.3 is 11.9 Å². The van der Waals surface area contributed by atoms with Gasteiger partial charge in [0.15, 0.2) is 6.79 Å². The molecule has 252 valence electrons. The molecule has 0 heterocycles. The highest BCUT2D eigenvalue weighted by atomic mass is 19.1. The molecule has 0 aliphatic carbocycles. The molecule has 0 aliphatic heterocycles. The van der Waals surface area contributed by atoms with Gasteiger partial charge in [-0.15, -0.1) is 6.58 Å². The molecule has 0 amide bonds. The Morgan fingerprint density at radius 1 is 0.720 bits per heavy atom. The van der Waals surface area contributed by atoms with E-state index in [1.807, 2.05) is 56.3 Å². The molecule has 0 saturated carbocycles. The predicted octanol–water partition coefficient (Wildman–Crippen LogP) is 8.56. The number of rotatable bonds is 13. The molecule has 0 fully saturated rings. The van der Waals surface area contributed by atoms with Crippen LogP contribution in [-0.4, -0.2) is 31.0 Å². The van der Waals surface area contributed by atoms with Crippen molar-refractivity contribution in [3.63, 3.8) is 0 Å². The van der Waals surface area contributed by atoms with Crippen molar-refractivity contribution in [2.24, 2.45) is 0 Å². The molecule has 4 aromatic carbocycles. The first-order chi connectivity index (χ1) is 24.1. The van der Waals surface area contributed by atoms with Crippen molar-refractivity contribution >= 4 is 11.9 Å². The number of carbonyl (C=O) groups is 2. The van der Waals surface area contributed by atoms with Crippen LogP contribution in [-0.2, 0) is 20.7 Å². The van der Waals surface area contributed by atoms with Gasteiger partial charge in [0, 0.05) is 28.8 Å². The minimum Gasteiger partial charge on any atom is -0.468 e. The predicted molar refractivity (Wildman–Crippen MR) is 194 cm³/mol. The molecular formula is C43H37FO6. The fourth-order valence-corrected chi connectivity index (χ4v) is 4.40. The maximum absolute atomic E-state index is 13.4. The second-order valence-corrected chi connectivity index (χ2v) is 11.4. The van der Waals surface area contributed by atoms with E-state index in [4.69, 9.17) is 18.9 Å². The van der Waals surface area contributed by atoms with Crippen molar-refractivity contribution in [3.8, 4) is 52.1 Å². The summed E-state index contributed by atoms with van der Waals surface area (Å²) in [4.78, 5) is 23.8. The van der Waals surface area contributed by atoms with Crippen LogP contribution in [0, 0.1) is 23.7 Å². The van der Waals surface area contributed by atoms with E-state index >= 15 is 0 Å². The van der Waals surface area contributed by atoms with Crippen molar-refractivity contribution in [1.29, 1.82) is 0 Å². The van der Waals surface area contributed by atoms with E-state index in [9.17, 15) is 14.0 Å². The second-order valence-electron chi connectivity index (χ2n) is 11.4. The van der Waals surface area contributed by atoms with E-state index in [0.29, 0.717) is 29.0 Å². The lowest BCUT2D eigenvalue weighted by Crippen LogP contribution is -2.23. The summed E-state index contributed by atoms with van der Waals surface area (Å²) in [5, 5.41) is 0. The maximum atomic E-state index is 13.4. The van der Waals surface area contributed by atoms with Crippen LogP contribution in [0.1, 0.15) is 48.1 Å². The number of ether oxygens (including phenoxy) is 4. The Morgan fingerprint density at radius 3 is 1.82 bits per heavy atom. The van der Waals surface area contributed by atoms with Crippen molar-refractivity contribution in [2.75, 3.05) is 13.5 Å². The molecule has 0 aliphatic rings. The largest absolute Gasteiger partial charge is 0.468 e. The van der Waals surface area contributed by atoms with Gasteiger partial charge in [0.2, 0.25) is 0 Å². The summed E-state index contributed by atoms with van der Waals surface area (Å²) in [6.07, 6.45) is 4.54. The zero-order valence-corrected chi connectivity index (χ0v) is 28.1. The SMILES string of the molecule is C=CC(=O)Oc1ccc(C#Cc2ccc(-c3cc(CCCF)c(C#Cc4ccc(OCOC(C)(C)C=C)cc4)c(OC(=O)C=C)c3)cc2)cc1. The fraction of sp³-hybridized carbons (Fsp3) is 0.163. The van der Waals surface area contributed by atoms with E-state index in [1.165, 1.54) is 0 Å². The van der Waals surface area contributed by atoms with Gasteiger partial charge in [-0.3, -0.25) is 4.39 Å². The van der Waals surface area contributed by atoms with E-state index < -0.39 is 24.2 Å². The monoisotopic (exact) mass is 668 g/mol. The quantitative estimate of drug-likeness (QED) is 0.0355. The first-order valence-corrected chi connectivity index (χ1v) is 15.8. The second kappa shape index (κ2) is 17.8. The molecular weight excluding hydrogens is 631 g/mol. The summed E-state index contributed by atoms with van der Waals surface area (Å²) >= 11 is 0. The number of hydrogen-bond acceptors (Lipinski definition) is 6. The number of hydrogen-bond donors (Lipinski definition) is 0. The molecule has 0 unspecified atom stereocenters. The van der Waals surface area contributed by atoms with Gasteiger partial charge in [0.1, 0.15) is 17.2 Å². The lowest BCUT2D eigenvalue weighted by molar-refractivity contribution is -0.129. The first-order valence-electron chi connectivity index (χ1n) is 15.8. The normalized spacial score (nSPS) is 10.4. The number of alkyl halides is 1. The smallest absolute Gasteiger partial charge is 0.335 e. The van der Waals surface area contributed by atoms with E-state index in [2.05, 4.69) is 43.4 Å². The van der Waals surface area contributed by atoms with Crippen LogP contribution >= 0.6 is 0 Å². The van der Waals surface area contributed by atoms with Gasteiger partial charge in [-0.05, 0) is 116 Å². The molecule has 0 bridgehead atoms. The van der Waals surface area contributed by atoms with Crippen LogP contribution in [0.2, 0.25) is 0 Å². The Bertz CT molecular complexity index is 1970. The highest BCUT2D eigenvalue weighted by Crippen LogP contribution is 2.32. The van der Waals surface area contributed by atoms with Crippen LogP contribution < -0.4 is 14.2 Å². The standard InChI is InChI=1S/C43H37FO6/c1-6-41(45)49-38-24-17-32(18-25-38)12-11-31-13-20-34(21-14-31)36-28-35(10-9-27-44)39(40(29-36)50-42(46)7-2)26-19-33-15-22-37(23-16-33)47-30-48-43(4,5)8-3/h6-8,13-18,20-25,28-29H,1-3,9-10,27,30H2,4-5H3. The van der Waals surface area contributed by atoms with Gasteiger partial charge in [0.25, 0.3) is 0 Å². The Hall–Kier alpha value is -6.15. The Kier molecular flexibility index (Phi) is 13.1. The molecule has 0 saturated heterocycles. The third-order valence-corrected chi connectivity index (χ3v) is 7.28. The number of benzene rings is 4. The third kappa shape index (κ3) is 11.0. The van der Waals surface area contributed by atoms with E-state index in [0.717, 1.165) is 40.0 Å². The summed E-state index contributed by atoms with van der Waals surface area (Å²) < 4.78 is 35.5. The van der Waals surface area contributed by atoms with Crippen LogP contribution in [0.3, 0.4) is 0 Å². The molecule has 50 heavy (non-hydrogen) atoms. The number of esters is 2. The summed E-state index contributed by atoms with van der Waals surface area (Å²) in [6.45, 7) is 14.0. The van der Waals surface area contributed by atoms with Crippen molar-refractivity contribution < 1.29 is 32.9 Å². The summed E-state index contributed by atoms with van der Waals surface area (Å²) in [7, 11) is 0. The van der Waals surface area contributed by atoms with Crippen molar-refractivity contribution in [3.05, 3.63) is 151 Å². The van der Waals surface area contributed by atoms with Gasteiger partial charge in [-0.25, -0.2) is 9.59 Å². The Labute approximate surface area is 292 Å². The fourth-order valence-electron chi connectivity index (χ4n) is 4.40. The summed E-state index contributed by atoms with van der Waals surface area (Å²) in [6, 6.07) is 25.3. The lowest BCUT2D eigenvalue weighted by atomic mass is 9.95. The van der Waals surface area contributed by atoms with Gasteiger partial charge in [-0.1, -0.05) is 55.0 Å². The average Bonchev–Trinajstić information content (AvgIpc) is 3.13. The van der Waals surface area contributed by atoms with Gasteiger partial charge in [-0.2, -0.15) is 0 Å². The summed E-state index contributed by atoms with van der Waals surface area (Å²) in [5.74, 6) is 12.6. The van der Waals surface area contributed by atoms with E-state index in [1.54, 1.807) is 48.5 Å². The highest BCUT2D eigenvalue weighted by Gasteiger charge is 2.15. The minimum atomic E-state index is -0.637. The third-order valence-electron chi connectivity index (χ3n) is 7.28. The zero-order valence-electron chi connectivity index (χ0n) is 28.1. The van der Waals surface area contributed by atoms with Gasteiger partial charge < -0.3 is 18.9 Å². The van der Waals surface area contributed by atoms with E-state index in [-0.39, 0.29) is 19.0 Å². The molecule has 0 atom stereocenters. The molecule has 4 rings (SSSR count). The summed E-state index contributed by atoms with van der Waals surface area (Å²) in [5.41, 5.74) is 4.57.